The van der Waals surface area contributed by atoms with E-state index in [1.54, 1.807) is 0 Å². The van der Waals surface area contributed by atoms with Gasteiger partial charge in [0.2, 0.25) is 0 Å². The van der Waals surface area contributed by atoms with Gasteiger partial charge in [-0.3, -0.25) is 0 Å². The van der Waals surface area contributed by atoms with Gasteiger partial charge in [0.25, 0.3) is 0 Å². The molecule has 0 aliphatic carbocycles. The molecule has 0 N–H and O–H groups in total. The van der Waals surface area contributed by atoms with Gasteiger partial charge < -0.3 is 4.48 Å². The first-order valence-corrected chi connectivity index (χ1v) is 6.13. The highest BCUT2D eigenvalue weighted by Crippen LogP contribution is 2.11. The van der Waals surface area contributed by atoms with E-state index in [2.05, 4.69) is 34.1 Å². The Morgan fingerprint density at radius 1 is 1.27 bits per heavy atom. The molecule has 0 radical (unpaired) electrons. The van der Waals surface area contributed by atoms with Crippen LogP contribution in [0.4, 0.5) is 0 Å². The second kappa shape index (κ2) is 7.70. The fraction of sp³-hybridized carbons (Fsp3) is 0.714. The molecule has 0 fully saturated rings. The molecule has 0 aliphatic heterocycles. The highest BCUT2D eigenvalue weighted by atomic mass is 15.3. The highest BCUT2D eigenvalue weighted by molar-refractivity contribution is 4.88. The molecule has 0 aromatic carbocycles. The first-order chi connectivity index (χ1) is 7.04. The predicted molar refractivity (Wildman–Crippen MR) is 69.9 cm³/mol. The van der Waals surface area contributed by atoms with Crippen LogP contribution in [0, 0.1) is 0 Å². The fourth-order valence-corrected chi connectivity index (χ4v) is 2.12. The number of hydrogen-bond donors (Lipinski definition) is 0. The molecule has 1 atom stereocenters. The van der Waals surface area contributed by atoms with E-state index in [-0.39, 0.29) is 0 Å². The van der Waals surface area contributed by atoms with Crippen molar-refractivity contribution in [2.75, 3.05) is 26.7 Å². The molecule has 88 valence electrons. The second-order valence-electron chi connectivity index (χ2n) is 4.99. The van der Waals surface area contributed by atoms with Gasteiger partial charge >= 0.3 is 0 Å². The van der Waals surface area contributed by atoms with E-state index >= 15 is 0 Å². The van der Waals surface area contributed by atoms with Crippen molar-refractivity contribution in [1.29, 1.82) is 0 Å². The standard InChI is InChI=1S/C14H28N/c1-6-8-9-10-12-15(5,11-7-2)13-14(3)4/h7H,2-3,6,8-13H2,1,4-5H3/q+1. The monoisotopic (exact) mass is 210 g/mol. The molecule has 0 spiro atoms. The van der Waals surface area contributed by atoms with Gasteiger partial charge in [-0.1, -0.05) is 32.9 Å². The quantitative estimate of drug-likeness (QED) is 0.309. The van der Waals surface area contributed by atoms with Crippen molar-refractivity contribution in [2.45, 2.75) is 39.5 Å². The van der Waals surface area contributed by atoms with Gasteiger partial charge in [-0.15, -0.1) is 0 Å². The van der Waals surface area contributed by atoms with Gasteiger partial charge in [0.1, 0.15) is 0 Å². The summed E-state index contributed by atoms with van der Waals surface area (Å²) in [6, 6.07) is 0. The van der Waals surface area contributed by atoms with Crippen molar-refractivity contribution in [3.63, 3.8) is 0 Å². The van der Waals surface area contributed by atoms with Crippen LogP contribution >= 0.6 is 0 Å². The van der Waals surface area contributed by atoms with Gasteiger partial charge in [0, 0.05) is 0 Å². The SMILES string of the molecule is C=CC[N+](C)(CCCCCC)CC(=C)C. The van der Waals surface area contributed by atoms with Crippen LogP contribution < -0.4 is 0 Å². The first kappa shape index (κ1) is 14.4. The smallest absolute Gasteiger partial charge is 0.0998 e. The number of hydrogen-bond acceptors (Lipinski definition) is 0. The molecular formula is C14H28N+. The van der Waals surface area contributed by atoms with Crippen LogP contribution in [0.3, 0.4) is 0 Å². The molecule has 0 aliphatic rings. The van der Waals surface area contributed by atoms with Gasteiger partial charge in [-0.05, 0) is 31.4 Å². The van der Waals surface area contributed by atoms with Crippen molar-refractivity contribution < 1.29 is 4.48 Å². The molecule has 1 nitrogen and oxygen atoms in total. The fourth-order valence-electron chi connectivity index (χ4n) is 2.12. The second-order valence-corrected chi connectivity index (χ2v) is 4.99. The summed E-state index contributed by atoms with van der Waals surface area (Å²) < 4.78 is 1.07. The van der Waals surface area contributed by atoms with Gasteiger partial charge in [-0.25, -0.2) is 0 Å². The highest BCUT2D eigenvalue weighted by Gasteiger charge is 2.18. The van der Waals surface area contributed by atoms with Gasteiger partial charge in [0.05, 0.1) is 26.7 Å². The maximum absolute atomic E-state index is 4.02. The number of likely N-dealkylation sites (N-methyl/N-ethyl adjacent to an activating group) is 1. The molecule has 15 heavy (non-hydrogen) atoms. The van der Waals surface area contributed by atoms with E-state index in [1.807, 2.05) is 6.08 Å². The average molecular weight is 210 g/mol. The lowest BCUT2D eigenvalue weighted by Crippen LogP contribution is -2.45. The summed E-state index contributed by atoms with van der Waals surface area (Å²) in [7, 11) is 2.31. The first-order valence-electron chi connectivity index (χ1n) is 6.13. The largest absolute Gasteiger partial charge is 0.319 e. The summed E-state index contributed by atoms with van der Waals surface area (Å²) in [5.41, 5.74) is 1.27. The topological polar surface area (TPSA) is 0 Å². The number of rotatable bonds is 9. The number of quaternary nitrogens is 1. The number of unbranched alkanes of at least 4 members (excludes halogenated alkanes) is 3. The summed E-state index contributed by atoms with van der Waals surface area (Å²) in [5, 5.41) is 0. The lowest BCUT2D eigenvalue weighted by molar-refractivity contribution is -0.899. The molecule has 0 bridgehead atoms. The van der Waals surface area contributed by atoms with Gasteiger partial charge in [0.15, 0.2) is 0 Å². The van der Waals surface area contributed by atoms with Crippen molar-refractivity contribution in [3.05, 3.63) is 24.8 Å². The van der Waals surface area contributed by atoms with E-state index in [9.17, 15) is 0 Å². The minimum absolute atomic E-state index is 1.05. The van der Waals surface area contributed by atoms with E-state index < -0.39 is 0 Å². The van der Waals surface area contributed by atoms with E-state index in [1.165, 1.54) is 37.8 Å². The lowest BCUT2D eigenvalue weighted by atomic mass is 10.1. The molecule has 0 saturated carbocycles. The Morgan fingerprint density at radius 3 is 2.40 bits per heavy atom. The van der Waals surface area contributed by atoms with Crippen molar-refractivity contribution in [1.82, 2.24) is 0 Å². The molecule has 1 unspecified atom stereocenters. The van der Waals surface area contributed by atoms with Crippen molar-refractivity contribution >= 4 is 0 Å². The molecule has 0 saturated heterocycles. The Labute approximate surface area is 96.1 Å². The Bertz CT molecular complexity index is 196. The molecular weight excluding hydrogens is 182 g/mol. The molecule has 0 heterocycles. The summed E-state index contributed by atoms with van der Waals surface area (Å²) >= 11 is 0. The average Bonchev–Trinajstić information content (AvgIpc) is 2.11. The molecule has 1 heteroatoms. The van der Waals surface area contributed by atoms with Crippen LogP contribution in [0.2, 0.25) is 0 Å². The molecule has 0 aromatic heterocycles. The molecule has 0 amide bonds. The van der Waals surface area contributed by atoms with Crippen LogP contribution in [0.5, 0.6) is 0 Å². The maximum atomic E-state index is 4.02. The summed E-state index contributed by atoms with van der Waals surface area (Å²) in [5.74, 6) is 0. The van der Waals surface area contributed by atoms with E-state index in [0.717, 1.165) is 17.6 Å². The predicted octanol–water partition coefficient (Wildman–Crippen LogP) is 3.78. The Balaban J connectivity index is 4.00. The molecule has 0 rings (SSSR count). The Morgan fingerprint density at radius 2 is 1.93 bits per heavy atom. The van der Waals surface area contributed by atoms with Crippen LogP contribution in [0.25, 0.3) is 0 Å². The third kappa shape index (κ3) is 7.38. The summed E-state index contributed by atoms with van der Waals surface area (Å²) in [6.07, 6.45) is 7.39. The van der Waals surface area contributed by atoms with Crippen molar-refractivity contribution in [3.8, 4) is 0 Å². The molecule has 0 aromatic rings. The van der Waals surface area contributed by atoms with Crippen molar-refractivity contribution in [2.24, 2.45) is 0 Å². The maximum Gasteiger partial charge on any atom is 0.0998 e. The summed E-state index contributed by atoms with van der Waals surface area (Å²) in [6.45, 7) is 15.6. The zero-order chi connectivity index (χ0) is 11.7. The number of nitrogens with zero attached hydrogens (tertiary/aromatic N) is 1. The van der Waals surface area contributed by atoms with Gasteiger partial charge in [-0.2, -0.15) is 0 Å². The third-order valence-corrected chi connectivity index (χ3v) is 2.77. The lowest BCUT2D eigenvalue weighted by Gasteiger charge is -2.33. The van der Waals surface area contributed by atoms with Crippen LogP contribution in [0.15, 0.2) is 24.8 Å². The minimum Gasteiger partial charge on any atom is -0.319 e. The van der Waals surface area contributed by atoms with Crippen LogP contribution in [0.1, 0.15) is 39.5 Å². The summed E-state index contributed by atoms with van der Waals surface area (Å²) in [4.78, 5) is 0. The third-order valence-electron chi connectivity index (χ3n) is 2.77. The zero-order valence-electron chi connectivity index (χ0n) is 10.9. The van der Waals surface area contributed by atoms with E-state index in [4.69, 9.17) is 0 Å². The normalized spacial score (nSPS) is 14.6. The van der Waals surface area contributed by atoms with E-state index in [0.29, 0.717) is 0 Å². The Hall–Kier alpha value is -0.560. The Kier molecular flexibility index (Phi) is 7.41. The van der Waals surface area contributed by atoms with Crippen LogP contribution in [-0.2, 0) is 0 Å². The minimum atomic E-state index is 1.05. The zero-order valence-corrected chi connectivity index (χ0v) is 10.9. The van der Waals surface area contributed by atoms with Crippen LogP contribution in [-0.4, -0.2) is 31.2 Å².